The molecule has 1 aliphatic carbocycles. The summed E-state index contributed by atoms with van der Waals surface area (Å²) < 4.78 is 0. The summed E-state index contributed by atoms with van der Waals surface area (Å²) in [5, 5.41) is 9.91. The fraction of sp³-hybridized carbons (Fsp3) is 0.333. The lowest BCUT2D eigenvalue weighted by Crippen LogP contribution is -1.94. The van der Waals surface area contributed by atoms with E-state index in [2.05, 4.69) is 0 Å². The van der Waals surface area contributed by atoms with Crippen LogP contribution < -0.4 is 0 Å². The van der Waals surface area contributed by atoms with Crippen LogP contribution in [0.3, 0.4) is 0 Å². The van der Waals surface area contributed by atoms with Gasteiger partial charge in [0.1, 0.15) is 5.01 Å². The molecule has 0 saturated carbocycles. The standard InChI is InChI=1S/C15H15NO2S/c17-15(18)11-8-6-10(7-9-11)14-16-12-4-2-1-3-5-13(12)19-14/h6-9H,1-5H2,(H,17,18). The number of hydrogen-bond acceptors (Lipinski definition) is 3. The minimum absolute atomic E-state index is 0.321. The second-order valence-electron chi connectivity index (χ2n) is 4.83. The van der Waals surface area contributed by atoms with E-state index in [0.29, 0.717) is 5.56 Å². The molecule has 3 rings (SSSR count). The fourth-order valence-corrected chi connectivity index (χ4v) is 3.56. The van der Waals surface area contributed by atoms with Crippen LogP contribution in [-0.2, 0) is 12.8 Å². The zero-order valence-electron chi connectivity index (χ0n) is 10.6. The van der Waals surface area contributed by atoms with Crippen molar-refractivity contribution in [3.05, 3.63) is 40.4 Å². The summed E-state index contributed by atoms with van der Waals surface area (Å²) in [6, 6.07) is 6.98. The highest BCUT2D eigenvalue weighted by molar-refractivity contribution is 7.15. The van der Waals surface area contributed by atoms with Crippen LogP contribution in [0.15, 0.2) is 24.3 Å². The Morgan fingerprint density at radius 2 is 1.84 bits per heavy atom. The first kappa shape index (κ1) is 12.4. The Morgan fingerprint density at radius 3 is 2.58 bits per heavy atom. The number of thiazole rings is 1. The summed E-state index contributed by atoms with van der Waals surface area (Å²) >= 11 is 1.76. The maximum Gasteiger partial charge on any atom is 0.335 e. The van der Waals surface area contributed by atoms with Crippen molar-refractivity contribution >= 4 is 17.3 Å². The molecule has 0 atom stereocenters. The molecule has 2 aromatic rings. The highest BCUT2D eigenvalue weighted by Crippen LogP contribution is 2.32. The molecule has 0 radical (unpaired) electrons. The molecule has 1 aromatic heterocycles. The zero-order valence-corrected chi connectivity index (χ0v) is 11.4. The molecule has 1 aromatic carbocycles. The highest BCUT2D eigenvalue weighted by atomic mass is 32.1. The summed E-state index contributed by atoms with van der Waals surface area (Å²) in [6.45, 7) is 0. The molecule has 19 heavy (non-hydrogen) atoms. The first-order valence-electron chi connectivity index (χ1n) is 6.56. The number of carboxylic acid groups (broad SMARTS) is 1. The lowest BCUT2D eigenvalue weighted by molar-refractivity contribution is 0.0697. The Morgan fingerprint density at radius 1 is 1.11 bits per heavy atom. The van der Waals surface area contributed by atoms with Crippen LogP contribution in [-0.4, -0.2) is 16.1 Å². The second kappa shape index (κ2) is 5.13. The van der Waals surface area contributed by atoms with Crippen LogP contribution in [0, 0.1) is 0 Å². The van der Waals surface area contributed by atoms with Crippen LogP contribution >= 0.6 is 11.3 Å². The summed E-state index contributed by atoms with van der Waals surface area (Å²) in [7, 11) is 0. The maximum atomic E-state index is 10.8. The number of aryl methyl sites for hydroxylation is 2. The lowest BCUT2D eigenvalue weighted by atomic mass is 10.1. The predicted octanol–water partition coefficient (Wildman–Crippen LogP) is 3.78. The van der Waals surface area contributed by atoms with Crippen molar-refractivity contribution in [3.8, 4) is 10.6 Å². The first-order chi connectivity index (χ1) is 9.24. The Hall–Kier alpha value is -1.68. The average molecular weight is 273 g/mol. The Kier molecular flexibility index (Phi) is 3.34. The Labute approximate surface area is 115 Å². The highest BCUT2D eigenvalue weighted by Gasteiger charge is 2.15. The summed E-state index contributed by atoms with van der Waals surface area (Å²) in [6.07, 6.45) is 6.01. The van der Waals surface area contributed by atoms with Crippen molar-refractivity contribution in [1.82, 2.24) is 4.98 Å². The number of aromatic carboxylic acids is 1. The van der Waals surface area contributed by atoms with Crippen LogP contribution in [0.2, 0.25) is 0 Å². The topological polar surface area (TPSA) is 50.2 Å². The quantitative estimate of drug-likeness (QED) is 0.847. The smallest absolute Gasteiger partial charge is 0.335 e. The van der Waals surface area contributed by atoms with E-state index >= 15 is 0 Å². The van der Waals surface area contributed by atoms with Crippen molar-refractivity contribution in [3.63, 3.8) is 0 Å². The van der Waals surface area contributed by atoms with Crippen molar-refractivity contribution in [2.24, 2.45) is 0 Å². The maximum absolute atomic E-state index is 10.8. The molecular formula is C15H15NO2S. The number of aromatic nitrogens is 1. The molecule has 0 fully saturated rings. The van der Waals surface area contributed by atoms with Gasteiger partial charge in [-0.1, -0.05) is 18.6 Å². The lowest BCUT2D eigenvalue weighted by Gasteiger charge is -1.98. The number of rotatable bonds is 2. The third-order valence-electron chi connectivity index (χ3n) is 3.47. The zero-order chi connectivity index (χ0) is 13.2. The van der Waals surface area contributed by atoms with Gasteiger partial charge in [0.15, 0.2) is 0 Å². The summed E-state index contributed by atoms with van der Waals surface area (Å²) in [4.78, 5) is 17.0. The van der Waals surface area contributed by atoms with Gasteiger partial charge in [0.25, 0.3) is 0 Å². The molecule has 4 heteroatoms. The number of carboxylic acids is 1. The minimum atomic E-state index is -0.888. The van der Waals surface area contributed by atoms with Crippen molar-refractivity contribution in [2.45, 2.75) is 32.1 Å². The fourth-order valence-electron chi connectivity index (χ4n) is 2.41. The SMILES string of the molecule is O=C(O)c1ccc(-c2nc3c(s2)CCCCC3)cc1. The van der Waals surface area contributed by atoms with E-state index in [-0.39, 0.29) is 0 Å². The van der Waals surface area contributed by atoms with Crippen LogP contribution in [0.4, 0.5) is 0 Å². The third kappa shape index (κ3) is 2.54. The predicted molar refractivity (Wildman–Crippen MR) is 75.8 cm³/mol. The molecule has 1 N–H and O–H groups in total. The van der Waals surface area contributed by atoms with Crippen LogP contribution in [0.5, 0.6) is 0 Å². The number of carbonyl (C=O) groups is 1. The molecule has 0 unspecified atom stereocenters. The van der Waals surface area contributed by atoms with Gasteiger partial charge >= 0.3 is 5.97 Å². The normalized spacial score (nSPS) is 14.7. The molecule has 0 spiro atoms. The molecule has 98 valence electrons. The van der Waals surface area contributed by atoms with E-state index in [4.69, 9.17) is 10.1 Å². The summed E-state index contributed by atoms with van der Waals surface area (Å²) in [5.74, 6) is -0.888. The van der Waals surface area contributed by atoms with Gasteiger partial charge in [-0.05, 0) is 37.8 Å². The Balaban J connectivity index is 1.91. The molecular weight excluding hydrogens is 258 g/mol. The van der Waals surface area contributed by atoms with E-state index in [1.807, 2.05) is 12.1 Å². The second-order valence-corrected chi connectivity index (χ2v) is 5.92. The van der Waals surface area contributed by atoms with Gasteiger partial charge in [0, 0.05) is 10.4 Å². The minimum Gasteiger partial charge on any atom is -0.478 e. The van der Waals surface area contributed by atoms with Crippen LogP contribution in [0.25, 0.3) is 10.6 Å². The molecule has 3 nitrogen and oxygen atoms in total. The van der Waals surface area contributed by atoms with Gasteiger partial charge in [0.2, 0.25) is 0 Å². The van der Waals surface area contributed by atoms with Crippen molar-refractivity contribution < 1.29 is 9.90 Å². The van der Waals surface area contributed by atoms with Gasteiger partial charge in [-0.2, -0.15) is 0 Å². The van der Waals surface area contributed by atoms with Crippen molar-refractivity contribution in [1.29, 1.82) is 0 Å². The number of nitrogens with zero attached hydrogens (tertiary/aromatic N) is 1. The molecule has 1 heterocycles. The van der Waals surface area contributed by atoms with E-state index in [9.17, 15) is 4.79 Å². The van der Waals surface area contributed by atoms with Gasteiger partial charge in [-0.3, -0.25) is 0 Å². The number of fused-ring (bicyclic) bond motifs is 1. The largest absolute Gasteiger partial charge is 0.478 e. The number of benzene rings is 1. The first-order valence-corrected chi connectivity index (χ1v) is 7.38. The van der Waals surface area contributed by atoms with Gasteiger partial charge in [-0.15, -0.1) is 11.3 Å². The molecule has 0 saturated heterocycles. The van der Waals surface area contributed by atoms with Gasteiger partial charge in [-0.25, -0.2) is 9.78 Å². The molecule has 0 bridgehead atoms. The number of hydrogen-bond donors (Lipinski definition) is 1. The molecule has 0 aliphatic heterocycles. The average Bonchev–Trinajstić information content (AvgIpc) is 2.70. The Bertz CT molecular complexity index is 578. The monoisotopic (exact) mass is 273 g/mol. The van der Waals surface area contributed by atoms with Crippen LogP contribution in [0.1, 0.15) is 40.2 Å². The third-order valence-corrected chi connectivity index (χ3v) is 4.68. The summed E-state index contributed by atoms with van der Waals surface area (Å²) in [5.41, 5.74) is 2.59. The van der Waals surface area contributed by atoms with E-state index in [1.165, 1.54) is 29.8 Å². The van der Waals surface area contributed by atoms with Gasteiger partial charge in [0.05, 0.1) is 11.3 Å². The molecule has 1 aliphatic rings. The van der Waals surface area contributed by atoms with Crippen molar-refractivity contribution in [2.75, 3.05) is 0 Å². The molecule has 0 amide bonds. The van der Waals surface area contributed by atoms with E-state index in [1.54, 1.807) is 23.5 Å². The van der Waals surface area contributed by atoms with E-state index in [0.717, 1.165) is 23.4 Å². The van der Waals surface area contributed by atoms with Gasteiger partial charge < -0.3 is 5.11 Å². The van der Waals surface area contributed by atoms with E-state index < -0.39 is 5.97 Å².